The molecular weight excluding hydrogens is 347 g/mol. The zero-order valence-corrected chi connectivity index (χ0v) is 12.3. The molecule has 0 saturated heterocycles. The molecule has 2 aromatic carbocycles. The predicted molar refractivity (Wildman–Crippen MR) is 80.6 cm³/mol. The summed E-state index contributed by atoms with van der Waals surface area (Å²) in [6, 6.07) is 9.35. The number of fused-ring (bicyclic) bond motifs is 1. The van der Waals surface area contributed by atoms with Crippen molar-refractivity contribution in [1.82, 2.24) is 0 Å². The Balaban J connectivity index is 2.35. The van der Waals surface area contributed by atoms with Gasteiger partial charge in [0.1, 0.15) is 17.7 Å². The van der Waals surface area contributed by atoms with Crippen LogP contribution in [0.4, 0.5) is 4.39 Å². The molecule has 0 aliphatic carbocycles. The van der Waals surface area contributed by atoms with Crippen LogP contribution in [0.3, 0.4) is 0 Å². The summed E-state index contributed by atoms with van der Waals surface area (Å²) in [6.45, 7) is 0. The number of hydrogen-bond acceptors (Lipinski definition) is 2. The maximum Gasteiger partial charge on any atom is 0.201 e. The van der Waals surface area contributed by atoms with E-state index in [4.69, 9.17) is 16.0 Å². The van der Waals surface area contributed by atoms with Gasteiger partial charge in [-0.1, -0.05) is 17.7 Å². The molecule has 0 fully saturated rings. The molecule has 0 bridgehead atoms. The smallest absolute Gasteiger partial charge is 0.201 e. The minimum absolute atomic E-state index is 0.165. The van der Waals surface area contributed by atoms with Crippen LogP contribution in [0.25, 0.3) is 22.1 Å². The summed E-state index contributed by atoms with van der Waals surface area (Å²) in [4.78, 5) is 12.5. The molecule has 0 atom stereocenters. The molecule has 0 aliphatic rings. The molecule has 2 nitrogen and oxygen atoms in total. The van der Waals surface area contributed by atoms with Gasteiger partial charge in [-0.3, -0.25) is 4.79 Å². The highest BCUT2D eigenvalue weighted by molar-refractivity contribution is 9.10. The first-order valence-electron chi connectivity index (χ1n) is 5.73. The molecule has 0 unspecified atom stereocenters. The van der Waals surface area contributed by atoms with Gasteiger partial charge in [0.15, 0.2) is 0 Å². The fourth-order valence-corrected chi connectivity index (χ4v) is 2.71. The molecular formula is C15H7BrClFO2. The van der Waals surface area contributed by atoms with E-state index in [1.807, 2.05) is 0 Å². The van der Waals surface area contributed by atoms with Gasteiger partial charge in [-0.2, -0.15) is 0 Å². The summed E-state index contributed by atoms with van der Waals surface area (Å²) >= 11 is 9.03. The first-order chi connectivity index (χ1) is 9.58. The van der Waals surface area contributed by atoms with Crippen LogP contribution in [0.5, 0.6) is 0 Å². The minimum atomic E-state index is -0.559. The first-order valence-corrected chi connectivity index (χ1v) is 6.90. The molecule has 0 radical (unpaired) electrons. The number of halogens is 3. The molecule has 0 spiro atoms. The van der Waals surface area contributed by atoms with Crippen LogP contribution in [0.1, 0.15) is 0 Å². The van der Waals surface area contributed by atoms with E-state index in [1.165, 1.54) is 24.5 Å². The van der Waals surface area contributed by atoms with E-state index in [2.05, 4.69) is 15.9 Å². The highest BCUT2D eigenvalue weighted by Crippen LogP contribution is 2.27. The molecule has 3 aromatic rings. The van der Waals surface area contributed by atoms with Crippen LogP contribution in [-0.4, -0.2) is 0 Å². The summed E-state index contributed by atoms with van der Waals surface area (Å²) in [7, 11) is 0. The Morgan fingerprint density at radius 1 is 1.15 bits per heavy atom. The Hall–Kier alpha value is -1.65. The van der Waals surface area contributed by atoms with Gasteiger partial charge in [0.2, 0.25) is 5.43 Å². The van der Waals surface area contributed by atoms with Gasteiger partial charge in [-0.25, -0.2) is 4.39 Å². The van der Waals surface area contributed by atoms with E-state index in [0.717, 1.165) is 0 Å². The van der Waals surface area contributed by atoms with Crippen molar-refractivity contribution in [2.24, 2.45) is 0 Å². The Morgan fingerprint density at radius 2 is 1.95 bits per heavy atom. The third kappa shape index (κ3) is 2.15. The second-order valence-electron chi connectivity index (χ2n) is 4.22. The van der Waals surface area contributed by atoms with Crippen molar-refractivity contribution in [3.8, 4) is 11.1 Å². The number of rotatable bonds is 1. The molecule has 1 heterocycles. The van der Waals surface area contributed by atoms with E-state index in [1.54, 1.807) is 18.2 Å². The van der Waals surface area contributed by atoms with E-state index >= 15 is 0 Å². The molecule has 100 valence electrons. The molecule has 0 N–H and O–H groups in total. The molecule has 20 heavy (non-hydrogen) atoms. The van der Waals surface area contributed by atoms with Gasteiger partial charge in [-0.05, 0) is 46.3 Å². The number of benzene rings is 2. The van der Waals surface area contributed by atoms with Gasteiger partial charge >= 0.3 is 0 Å². The minimum Gasteiger partial charge on any atom is -0.463 e. The molecule has 0 amide bonds. The highest BCUT2D eigenvalue weighted by Gasteiger charge is 2.14. The van der Waals surface area contributed by atoms with Gasteiger partial charge in [0, 0.05) is 15.1 Å². The fourth-order valence-electron chi connectivity index (χ4n) is 2.03. The van der Waals surface area contributed by atoms with Crippen LogP contribution in [0, 0.1) is 5.82 Å². The van der Waals surface area contributed by atoms with Crippen LogP contribution in [0.15, 0.2) is 56.3 Å². The van der Waals surface area contributed by atoms with Crippen molar-refractivity contribution in [1.29, 1.82) is 0 Å². The summed E-state index contributed by atoms with van der Waals surface area (Å²) in [6.07, 6.45) is 1.27. The quantitative estimate of drug-likeness (QED) is 0.615. The Bertz CT molecular complexity index is 873. The molecule has 5 heteroatoms. The van der Waals surface area contributed by atoms with Crippen LogP contribution in [-0.2, 0) is 0 Å². The lowest BCUT2D eigenvalue weighted by atomic mass is 10.1. The fraction of sp³-hybridized carbons (Fsp3) is 0. The lowest BCUT2D eigenvalue weighted by Crippen LogP contribution is -2.06. The molecule has 3 rings (SSSR count). The van der Waals surface area contributed by atoms with Crippen molar-refractivity contribution in [2.75, 3.05) is 0 Å². The van der Waals surface area contributed by atoms with Crippen molar-refractivity contribution in [3.63, 3.8) is 0 Å². The van der Waals surface area contributed by atoms with Crippen molar-refractivity contribution >= 4 is 38.5 Å². The largest absolute Gasteiger partial charge is 0.463 e. The van der Waals surface area contributed by atoms with E-state index < -0.39 is 5.82 Å². The normalized spacial score (nSPS) is 10.9. The lowest BCUT2D eigenvalue weighted by molar-refractivity contribution is 0.600. The third-order valence-electron chi connectivity index (χ3n) is 2.97. The maximum absolute atomic E-state index is 13.9. The number of hydrogen-bond donors (Lipinski definition) is 0. The van der Waals surface area contributed by atoms with E-state index in [0.29, 0.717) is 15.4 Å². The average molecular weight is 354 g/mol. The van der Waals surface area contributed by atoms with Crippen molar-refractivity contribution < 1.29 is 8.81 Å². The van der Waals surface area contributed by atoms with Crippen LogP contribution < -0.4 is 5.43 Å². The summed E-state index contributed by atoms with van der Waals surface area (Å²) in [5.41, 5.74) is 0.488. The van der Waals surface area contributed by atoms with Crippen molar-refractivity contribution in [3.05, 3.63) is 68.2 Å². The lowest BCUT2D eigenvalue weighted by Gasteiger charge is -2.05. The third-order valence-corrected chi connectivity index (χ3v) is 3.87. The van der Waals surface area contributed by atoms with E-state index in [9.17, 15) is 9.18 Å². The molecule has 1 aromatic heterocycles. The van der Waals surface area contributed by atoms with E-state index in [-0.39, 0.29) is 21.6 Å². The molecule has 0 saturated carbocycles. The summed E-state index contributed by atoms with van der Waals surface area (Å²) < 4.78 is 20.0. The van der Waals surface area contributed by atoms with Gasteiger partial charge in [0.05, 0.1) is 10.9 Å². The first kappa shape index (κ1) is 13.3. The van der Waals surface area contributed by atoms with Gasteiger partial charge < -0.3 is 4.42 Å². The second kappa shape index (κ2) is 5.04. The summed E-state index contributed by atoms with van der Waals surface area (Å²) in [5.74, 6) is -0.559. The van der Waals surface area contributed by atoms with Crippen LogP contribution >= 0.6 is 27.5 Å². The predicted octanol–water partition coefficient (Wildman–Crippen LogP) is 5.02. The Morgan fingerprint density at radius 3 is 2.70 bits per heavy atom. The SMILES string of the molecule is O=c1c(-c2ccc(Cl)cc2F)coc2cccc(Br)c12. The topological polar surface area (TPSA) is 30.2 Å². The van der Waals surface area contributed by atoms with Gasteiger partial charge in [0.25, 0.3) is 0 Å². The zero-order valence-electron chi connectivity index (χ0n) is 9.99. The van der Waals surface area contributed by atoms with Crippen LogP contribution in [0.2, 0.25) is 5.02 Å². The Kier molecular flexibility index (Phi) is 3.36. The zero-order chi connectivity index (χ0) is 14.3. The standard InChI is InChI=1S/C15H7BrClFO2/c16-11-2-1-3-13-14(11)15(19)10(7-20-13)9-5-4-8(17)6-12(9)18/h1-7H. The maximum atomic E-state index is 13.9. The van der Waals surface area contributed by atoms with Crippen molar-refractivity contribution in [2.45, 2.75) is 0 Å². The van der Waals surface area contributed by atoms with Gasteiger partial charge in [-0.15, -0.1) is 0 Å². The molecule has 0 aliphatic heterocycles. The highest BCUT2D eigenvalue weighted by atomic mass is 79.9. The average Bonchev–Trinajstić information content (AvgIpc) is 2.40. The Labute approximate surface area is 126 Å². The summed E-state index contributed by atoms with van der Waals surface area (Å²) in [5, 5.41) is 0.664. The monoisotopic (exact) mass is 352 g/mol. The second-order valence-corrected chi connectivity index (χ2v) is 5.51.